The Bertz CT molecular complexity index is 1320. The van der Waals surface area contributed by atoms with Crippen LogP contribution in [0.5, 0.6) is 0 Å². The Morgan fingerprint density at radius 1 is 0.867 bits per heavy atom. The van der Waals surface area contributed by atoms with Crippen LogP contribution in [0, 0.1) is 0 Å². The van der Waals surface area contributed by atoms with Gasteiger partial charge in [0, 0.05) is 24.5 Å². The molecule has 146 valence electrons. The second kappa shape index (κ2) is 7.72. The number of hydrogen-bond acceptors (Lipinski definition) is 2. The zero-order valence-electron chi connectivity index (χ0n) is 16.2. The number of benzene rings is 3. The largest absolute Gasteiger partial charge is 0.334 e. The molecular formula is C25H20N4O. The maximum atomic E-state index is 12.6. The summed E-state index contributed by atoms with van der Waals surface area (Å²) in [7, 11) is 0. The highest BCUT2D eigenvalue weighted by molar-refractivity contribution is 5.94. The lowest BCUT2D eigenvalue weighted by Gasteiger charge is -2.12. The van der Waals surface area contributed by atoms with Gasteiger partial charge in [0.25, 0.3) is 0 Å². The summed E-state index contributed by atoms with van der Waals surface area (Å²) in [6, 6.07) is 27.6. The van der Waals surface area contributed by atoms with Crippen molar-refractivity contribution in [2.75, 3.05) is 5.32 Å². The summed E-state index contributed by atoms with van der Waals surface area (Å²) in [4.78, 5) is 17.3. The van der Waals surface area contributed by atoms with Crippen LogP contribution < -0.4 is 10.6 Å². The van der Waals surface area contributed by atoms with Crippen molar-refractivity contribution in [3.05, 3.63) is 103 Å². The summed E-state index contributed by atoms with van der Waals surface area (Å²) in [5.41, 5.74) is 4.35. The molecule has 0 aliphatic heterocycles. The Morgan fingerprint density at radius 2 is 1.67 bits per heavy atom. The van der Waals surface area contributed by atoms with Crippen LogP contribution in [0.25, 0.3) is 27.7 Å². The predicted octanol–water partition coefficient (Wildman–Crippen LogP) is 5.48. The van der Waals surface area contributed by atoms with Crippen molar-refractivity contribution in [2.24, 2.45) is 0 Å². The van der Waals surface area contributed by atoms with E-state index in [9.17, 15) is 4.79 Å². The number of aromatic nitrogens is 2. The summed E-state index contributed by atoms with van der Waals surface area (Å²) in [5.74, 6) is 0. The number of nitrogens with zero attached hydrogens (tertiary/aromatic N) is 2. The Morgan fingerprint density at radius 3 is 2.60 bits per heavy atom. The third-order valence-corrected chi connectivity index (χ3v) is 5.13. The van der Waals surface area contributed by atoms with Gasteiger partial charge in [-0.3, -0.25) is 0 Å². The second-order valence-electron chi connectivity index (χ2n) is 7.08. The molecule has 5 nitrogen and oxygen atoms in total. The predicted molar refractivity (Wildman–Crippen MR) is 120 cm³/mol. The van der Waals surface area contributed by atoms with E-state index in [0.29, 0.717) is 6.54 Å². The molecule has 3 aromatic carbocycles. The number of imidazole rings is 1. The van der Waals surface area contributed by atoms with Gasteiger partial charge in [0.2, 0.25) is 0 Å². The summed E-state index contributed by atoms with van der Waals surface area (Å²) in [6.45, 7) is 0.448. The highest BCUT2D eigenvalue weighted by atomic mass is 16.2. The fourth-order valence-electron chi connectivity index (χ4n) is 3.67. The maximum absolute atomic E-state index is 12.6. The van der Waals surface area contributed by atoms with Crippen molar-refractivity contribution in [2.45, 2.75) is 6.54 Å². The molecule has 0 saturated carbocycles. The third kappa shape index (κ3) is 3.49. The average Bonchev–Trinajstić information content (AvgIpc) is 3.22. The van der Waals surface area contributed by atoms with Crippen LogP contribution >= 0.6 is 0 Å². The van der Waals surface area contributed by atoms with Crippen LogP contribution in [0.4, 0.5) is 10.5 Å². The molecule has 0 radical (unpaired) electrons. The van der Waals surface area contributed by atoms with Crippen molar-refractivity contribution in [1.82, 2.24) is 14.7 Å². The molecule has 0 unspecified atom stereocenters. The zero-order valence-corrected chi connectivity index (χ0v) is 16.2. The first-order chi connectivity index (χ1) is 14.8. The number of nitrogens with one attached hydrogen (secondary N) is 2. The van der Waals surface area contributed by atoms with E-state index < -0.39 is 0 Å². The molecule has 2 amide bonds. The summed E-state index contributed by atoms with van der Waals surface area (Å²) < 4.78 is 1.96. The van der Waals surface area contributed by atoms with Gasteiger partial charge in [-0.15, -0.1) is 0 Å². The van der Waals surface area contributed by atoms with Crippen LogP contribution in [0.1, 0.15) is 5.56 Å². The highest BCUT2D eigenvalue weighted by Gasteiger charge is 2.11. The minimum atomic E-state index is -0.251. The van der Waals surface area contributed by atoms with Gasteiger partial charge in [-0.1, -0.05) is 66.7 Å². The summed E-state index contributed by atoms with van der Waals surface area (Å²) in [6.07, 6.45) is 3.92. The van der Waals surface area contributed by atoms with Gasteiger partial charge < -0.3 is 15.0 Å². The second-order valence-corrected chi connectivity index (χ2v) is 7.08. The number of carbonyl (C=O) groups is 1. The summed E-state index contributed by atoms with van der Waals surface area (Å²) >= 11 is 0. The number of fused-ring (bicyclic) bond motifs is 2. The van der Waals surface area contributed by atoms with E-state index >= 15 is 0 Å². The molecule has 0 spiro atoms. The lowest BCUT2D eigenvalue weighted by molar-refractivity contribution is 0.252. The summed E-state index contributed by atoms with van der Waals surface area (Å²) in [5, 5.41) is 8.25. The van der Waals surface area contributed by atoms with Gasteiger partial charge in [-0.2, -0.15) is 0 Å². The van der Waals surface area contributed by atoms with Crippen LogP contribution in [0.2, 0.25) is 0 Å². The Labute approximate surface area is 174 Å². The zero-order chi connectivity index (χ0) is 20.3. The Hall–Kier alpha value is -4.12. The van der Waals surface area contributed by atoms with Gasteiger partial charge in [-0.05, 0) is 34.5 Å². The molecule has 0 fully saturated rings. The van der Waals surface area contributed by atoms with Gasteiger partial charge in [0.15, 0.2) is 0 Å². The Balaban J connectivity index is 1.35. The van der Waals surface area contributed by atoms with E-state index in [1.807, 2.05) is 83.5 Å². The van der Waals surface area contributed by atoms with Crippen LogP contribution in [0.15, 0.2) is 97.3 Å². The molecular weight excluding hydrogens is 372 g/mol. The number of hydrogen-bond donors (Lipinski definition) is 2. The van der Waals surface area contributed by atoms with Crippen LogP contribution in [-0.2, 0) is 6.54 Å². The van der Waals surface area contributed by atoms with Gasteiger partial charge in [0.1, 0.15) is 5.65 Å². The minimum absolute atomic E-state index is 0.251. The molecule has 5 aromatic rings. The van der Waals surface area contributed by atoms with Crippen molar-refractivity contribution in [1.29, 1.82) is 0 Å². The first kappa shape index (κ1) is 17.9. The van der Waals surface area contributed by atoms with E-state index in [1.165, 1.54) is 0 Å². The molecule has 2 heterocycles. The lowest BCUT2D eigenvalue weighted by atomic mass is 10.0. The molecule has 0 saturated heterocycles. The number of anilines is 1. The van der Waals surface area contributed by atoms with Gasteiger partial charge in [-0.25, -0.2) is 9.78 Å². The maximum Gasteiger partial charge on any atom is 0.319 e. The number of para-hydroxylation sites is 1. The average molecular weight is 392 g/mol. The number of urea groups is 1. The fraction of sp³-hybridized carbons (Fsp3) is 0.0400. The Kier molecular flexibility index (Phi) is 4.62. The van der Waals surface area contributed by atoms with Crippen molar-refractivity contribution in [3.63, 3.8) is 0 Å². The molecule has 2 aromatic heterocycles. The molecule has 2 N–H and O–H groups in total. The monoisotopic (exact) mass is 392 g/mol. The molecule has 5 rings (SSSR count). The molecule has 30 heavy (non-hydrogen) atoms. The SMILES string of the molecule is O=C(NCc1cccc2ccccc12)Nc1ccccc1-c1cn2ccccc2n1. The van der Waals surface area contributed by atoms with Crippen LogP contribution in [-0.4, -0.2) is 15.4 Å². The van der Waals surface area contributed by atoms with E-state index in [4.69, 9.17) is 0 Å². The van der Waals surface area contributed by atoms with E-state index in [0.717, 1.165) is 38.9 Å². The number of carbonyl (C=O) groups excluding carboxylic acids is 1. The highest BCUT2D eigenvalue weighted by Crippen LogP contribution is 2.27. The lowest BCUT2D eigenvalue weighted by Crippen LogP contribution is -2.28. The number of pyridine rings is 1. The third-order valence-electron chi connectivity index (χ3n) is 5.13. The fourth-order valence-corrected chi connectivity index (χ4v) is 3.67. The number of rotatable bonds is 4. The van der Waals surface area contributed by atoms with Gasteiger partial charge in [0.05, 0.1) is 11.4 Å². The van der Waals surface area contributed by atoms with E-state index in [1.54, 1.807) is 0 Å². The molecule has 0 atom stereocenters. The van der Waals surface area contributed by atoms with Crippen molar-refractivity contribution < 1.29 is 4.79 Å². The molecule has 0 aliphatic carbocycles. The van der Waals surface area contributed by atoms with E-state index in [2.05, 4.69) is 33.8 Å². The topological polar surface area (TPSA) is 58.4 Å². The standard InChI is InChI=1S/C25H20N4O/c30-25(26-16-19-10-7-9-18-8-1-2-11-20(18)19)28-22-13-4-3-12-21(22)23-17-29-15-6-5-14-24(29)27-23/h1-15,17H,16H2,(H2,26,28,30). The quantitative estimate of drug-likeness (QED) is 0.426. The number of amides is 2. The molecule has 5 heteroatoms. The molecule has 0 bridgehead atoms. The first-order valence-electron chi connectivity index (χ1n) is 9.82. The first-order valence-corrected chi connectivity index (χ1v) is 9.82. The van der Waals surface area contributed by atoms with Crippen LogP contribution in [0.3, 0.4) is 0 Å². The van der Waals surface area contributed by atoms with Gasteiger partial charge >= 0.3 is 6.03 Å². The van der Waals surface area contributed by atoms with Crippen molar-refractivity contribution in [3.8, 4) is 11.3 Å². The normalized spacial score (nSPS) is 10.9. The van der Waals surface area contributed by atoms with E-state index in [-0.39, 0.29) is 6.03 Å². The smallest absolute Gasteiger partial charge is 0.319 e. The molecule has 0 aliphatic rings. The van der Waals surface area contributed by atoms with Crippen molar-refractivity contribution >= 4 is 28.1 Å². The minimum Gasteiger partial charge on any atom is -0.334 e.